The standard InChI is InChI=1S/C35H45NO2/c1-34(2,3)27-28-18-20-29(21-19-28)33(37)17-11-6-12-24-36-25-22-32(23-26-36)35(38,30-13-7-4-8-14-30)31-15-9-5-10-16-31/h4-5,7-10,13-16,18-21,32,38H,6,11-12,17,22-27H2,1-3H3. The lowest BCUT2D eigenvalue weighted by Gasteiger charge is -2.42. The zero-order chi connectivity index (χ0) is 27.0. The van der Waals surface area contributed by atoms with Gasteiger partial charge in [0.15, 0.2) is 5.78 Å². The van der Waals surface area contributed by atoms with Gasteiger partial charge in [-0.2, -0.15) is 0 Å². The van der Waals surface area contributed by atoms with Crippen molar-refractivity contribution in [3.8, 4) is 0 Å². The van der Waals surface area contributed by atoms with Crippen LogP contribution in [-0.2, 0) is 12.0 Å². The molecule has 1 aliphatic heterocycles. The van der Waals surface area contributed by atoms with Gasteiger partial charge in [-0.05, 0) is 79.8 Å². The first-order valence-electron chi connectivity index (χ1n) is 14.4. The van der Waals surface area contributed by atoms with Crippen molar-refractivity contribution in [3.63, 3.8) is 0 Å². The predicted molar refractivity (Wildman–Crippen MR) is 157 cm³/mol. The van der Waals surface area contributed by atoms with Crippen molar-refractivity contribution in [1.82, 2.24) is 4.90 Å². The maximum absolute atomic E-state index is 12.6. The fourth-order valence-electron chi connectivity index (χ4n) is 5.96. The Morgan fingerprint density at radius 2 is 1.34 bits per heavy atom. The third-order valence-corrected chi connectivity index (χ3v) is 7.99. The lowest BCUT2D eigenvalue weighted by Crippen LogP contribution is -2.44. The van der Waals surface area contributed by atoms with Gasteiger partial charge in [-0.15, -0.1) is 0 Å². The average Bonchev–Trinajstić information content (AvgIpc) is 2.93. The van der Waals surface area contributed by atoms with Gasteiger partial charge in [-0.3, -0.25) is 4.79 Å². The molecule has 3 aromatic carbocycles. The topological polar surface area (TPSA) is 40.5 Å². The number of piperidine rings is 1. The Hall–Kier alpha value is -2.75. The molecule has 0 atom stereocenters. The van der Waals surface area contributed by atoms with Crippen LogP contribution in [0.2, 0.25) is 0 Å². The molecule has 202 valence electrons. The minimum absolute atomic E-state index is 0.191. The van der Waals surface area contributed by atoms with E-state index in [1.165, 1.54) is 5.56 Å². The van der Waals surface area contributed by atoms with E-state index in [0.717, 1.165) is 74.8 Å². The van der Waals surface area contributed by atoms with Crippen molar-refractivity contribution in [3.05, 3.63) is 107 Å². The third kappa shape index (κ3) is 7.42. The monoisotopic (exact) mass is 511 g/mol. The smallest absolute Gasteiger partial charge is 0.162 e. The Morgan fingerprint density at radius 1 is 0.789 bits per heavy atom. The van der Waals surface area contributed by atoms with Crippen LogP contribution >= 0.6 is 0 Å². The number of nitrogens with zero attached hydrogens (tertiary/aromatic N) is 1. The average molecular weight is 512 g/mol. The number of hydrogen-bond donors (Lipinski definition) is 1. The number of ketones is 1. The Kier molecular flexibility index (Phi) is 9.57. The summed E-state index contributed by atoms with van der Waals surface area (Å²) in [6.07, 6.45) is 6.74. The zero-order valence-electron chi connectivity index (χ0n) is 23.5. The van der Waals surface area contributed by atoms with Crippen molar-refractivity contribution in [2.45, 2.75) is 71.3 Å². The molecular formula is C35H45NO2. The summed E-state index contributed by atoms with van der Waals surface area (Å²) in [5.74, 6) is 0.449. The summed E-state index contributed by atoms with van der Waals surface area (Å²) in [6, 6.07) is 28.5. The summed E-state index contributed by atoms with van der Waals surface area (Å²) in [7, 11) is 0. The van der Waals surface area contributed by atoms with Crippen molar-refractivity contribution >= 4 is 5.78 Å². The Morgan fingerprint density at radius 3 is 1.87 bits per heavy atom. The molecule has 3 heteroatoms. The highest BCUT2D eigenvalue weighted by molar-refractivity contribution is 5.96. The number of unbranched alkanes of at least 4 members (excludes halogenated alkanes) is 2. The van der Waals surface area contributed by atoms with Gasteiger partial charge in [0.1, 0.15) is 5.60 Å². The van der Waals surface area contributed by atoms with Crippen LogP contribution in [-0.4, -0.2) is 35.4 Å². The minimum Gasteiger partial charge on any atom is -0.380 e. The number of likely N-dealkylation sites (tertiary alicyclic amines) is 1. The molecule has 1 N–H and O–H groups in total. The second kappa shape index (κ2) is 12.9. The lowest BCUT2D eigenvalue weighted by atomic mass is 9.72. The molecule has 1 fully saturated rings. The van der Waals surface area contributed by atoms with Crippen LogP contribution in [0.1, 0.15) is 86.3 Å². The predicted octanol–water partition coefficient (Wildman–Crippen LogP) is 7.67. The maximum Gasteiger partial charge on any atom is 0.162 e. The van der Waals surface area contributed by atoms with Gasteiger partial charge in [0, 0.05) is 12.0 Å². The van der Waals surface area contributed by atoms with Crippen LogP contribution in [0.15, 0.2) is 84.9 Å². The van der Waals surface area contributed by atoms with Crippen LogP contribution in [0.4, 0.5) is 0 Å². The molecule has 0 saturated carbocycles. The molecule has 3 nitrogen and oxygen atoms in total. The number of rotatable bonds is 11. The van der Waals surface area contributed by atoms with E-state index in [2.05, 4.69) is 62.1 Å². The van der Waals surface area contributed by atoms with Crippen LogP contribution in [0, 0.1) is 11.3 Å². The summed E-state index contributed by atoms with van der Waals surface area (Å²) in [5, 5.41) is 12.1. The highest BCUT2D eigenvalue weighted by Crippen LogP contribution is 2.41. The van der Waals surface area contributed by atoms with E-state index >= 15 is 0 Å². The summed E-state index contributed by atoms with van der Waals surface area (Å²) in [5.41, 5.74) is 3.40. The van der Waals surface area contributed by atoms with Gasteiger partial charge >= 0.3 is 0 Å². The van der Waals surface area contributed by atoms with Gasteiger partial charge in [0.05, 0.1) is 0 Å². The number of aliphatic hydroxyl groups is 1. The second-order valence-corrected chi connectivity index (χ2v) is 12.3. The third-order valence-electron chi connectivity index (χ3n) is 7.99. The first kappa shape index (κ1) is 28.3. The summed E-state index contributed by atoms with van der Waals surface area (Å²) in [4.78, 5) is 15.2. The lowest BCUT2D eigenvalue weighted by molar-refractivity contribution is -0.0143. The number of hydrogen-bond acceptors (Lipinski definition) is 3. The molecule has 0 spiro atoms. The summed E-state index contributed by atoms with van der Waals surface area (Å²) in [6.45, 7) is 9.80. The highest BCUT2D eigenvalue weighted by Gasteiger charge is 2.41. The first-order chi connectivity index (χ1) is 18.3. The van der Waals surface area contributed by atoms with E-state index in [-0.39, 0.29) is 17.1 Å². The van der Waals surface area contributed by atoms with Crippen molar-refractivity contribution in [1.29, 1.82) is 0 Å². The molecule has 0 aromatic heterocycles. The van der Waals surface area contributed by atoms with Crippen LogP contribution in [0.5, 0.6) is 0 Å². The molecule has 0 unspecified atom stereocenters. The maximum atomic E-state index is 12.6. The molecule has 1 heterocycles. The fourth-order valence-corrected chi connectivity index (χ4v) is 5.96. The van der Waals surface area contributed by atoms with Gasteiger partial charge in [-0.25, -0.2) is 0 Å². The molecule has 3 aromatic rings. The molecule has 1 aliphatic rings. The number of benzene rings is 3. The van der Waals surface area contributed by atoms with Crippen LogP contribution in [0.3, 0.4) is 0 Å². The largest absolute Gasteiger partial charge is 0.380 e. The van der Waals surface area contributed by atoms with Gasteiger partial charge < -0.3 is 10.0 Å². The molecule has 0 amide bonds. The Balaban J connectivity index is 1.21. The number of carbonyl (C=O) groups is 1. The number of carbonyl (C=O) groups excluding carboxylic acids is 1. The molecule has 0 radical (unpaired) electrons. The van der Waals surface area contributed by atoms with E-state index in [1.807, 2.05) is 48.5 Å². The molecule has 0 aliphatic carbocycles. The van der Waals surface area contributed by atoms with E-state index < -0.39 is 5.60 Å². The zero-order valence-corrected chi connectivity index (χ0v) is 23.5. The van der Waals surface area contributed by atoms with E-state index in [4.69, 9.17) is 0 Å². The fraction of sp³-hybridized carbons (Fsp3) is 0.457. The first-order valence-corrected chi connectivity index (χ1v) is 14.4. The van der Waals surface area contributed by atoms with Gasteiger partial charge in [0.25, 0.3) is 0 Å². The van der Waals surface area contributed by atoms with Gasteiger partial charge in [0.2, 0.25) is 0 Å². The normalized spacial score (nSPS) is 15.5. The minimum atomic E-state index is -0.958. The Labute approximate surface area is 229 Å². The van der Waals surface area contributed by atoms with Crippen molar-refractivity contribution in [2.24, 2.45) is 11.3 Å². The van der Waals surface area contributed by atoms with E-state index in [9.17, 15) is 9.90 Å². The summed E-state index contributed by atoms with van der Waals surface area (Å²) < 4.78 is 0. The van der Waals surface area contributed by atoms with Crippen LogP contribution < -0.4 is 0 Å². The summed E-state index contributed by atoms with van der Waals surface area (Å²) >= 11 is 0. The van der Waals surface area contributed by atoms with Crippen molar-refractivity contribution in [2.75, 3.05) is 19.6 Å². The Bertz CT molecular complexity index is 1080. The molecule has 0 bridgehead atoms. The number of Topliss-reactive ketones (excluding diaryl/α,β-unsaturated/α-hetero) is 1. The SMILES string of the molecule is CC(C)(C)Cc1ccc(C(=O)CCCCCN2CCC(C(O)(c3ccccc3)c3ccccc3)CC2)cc1. The van der Waals surface area contributed by atoms with Crippen LogP contribution in [0.25, 0.3) is 0 Å². The van der Waals surface area contributed by atoms with E-state index in [1.54, 1.807) is 0 Å². The van der Waals surface area contributed by atoms with Crippen molar-refractivity contribution < 1.29 is 9.90 Å². The van der Waals surface area contributed by atoms with Gasteiger partial charge in [-0.1, -0.05) is 112 Å². The molecule has 38 heavy (non-hydrogen) atoms. The highest BCUT2D eigenvalue weighted by atomic mass is 16.3. The molecular weight excluding hydrogens is 466 g/mol. The van der Waals surface area contributed by atoms with E-state index in [0.29, 0.717) is 6.42 Å². The second-order valence-electron chi connectivity index (χ2n) is 12.3. The molecule has 1 saturated heterocycles. The quantitative estimate of drug-likeness (QED) is 0.212. The molecule has 4 rings (SSSR count).